The lowest BCUT2D eigenvalue weighted by Gasteiger charge is -2.15. The van der Waals surface area contributed by atoms with E-state index in [-0.39, 0.29) is 16.5 Å². The summed E-state index contributed by atoms with van der Waals surface area (Å²) in [6, 6.07) is 15.3. The molecule has 0 unspecified atom stereocenters. The molecule has 0 spiro atoms. The summed E-state index contributed by atoms with van der Waals surface area (Å²) in [5.41, 5.74) is 2.69. The number of hydrogen-bond acceptors (Lipinski definition) is 2. The van der Waals surface area contributed by atoms with Crippen LogP contribution in [-0.4, -0.2) is 9.78 Å². The molecule has 3 rings (SSSR count). The average Bonchev–Trinajstić information content (AvgIpc) is 2.58. The first-order valence-electron chi connectivity index (χ1n) is 7.62. The van der Waals surface area contributed by atoms with Gasteiger partial charge in [0.2, 0.25) is 0 Å². The quantitative estimate of drug-likeness (QED) is 0.684. The average molecular weight is 343 g/mol. The zero-order valence-electron chi connectivity index (χ0n) is 13.3. The van der Waals surface area contributed by atoms with Crippen LogP contribution in [-0.2, 0) is 0 Å². The van der Waals surface area contributed by atoms with E-state index in [4.69, 9.17) is 11.6 Å². The standard InChI is InChI=1S/C19H16ClFN2O/c1-12(2)19-15(13-6-4-3-5-7-13)11-18(24)23(22-19)14-8-9-17(21)16(20)10-14/h3-12H,1-2H3. The van der Waals surface area contributed by atoms with Crippen LogP contribution in [0.3, 0.4) is 0 Å². The second kappa shape index (κ2) is 6.57. The van der Waals surface area contributed by atoms with Crippen LogP contribution in [0.1, 0.15) is 25.5 Å². The summed E-state index contributed by atoms with van der Waals surface area (Å²) < 4.78 is 14.6. The van der Waals surface area contributed by atoms with E-state index < -0.39 is 5.82 Å². The molecule has 122 valence electrons. The van der Waals surface area contributed by atoms with Crippen molar-refractivity contribution in [3.8, 4) is 16.8 Å². The number of hydrogen-bond donors (Lipinski definition) is 0. The minimum atomic E-state index is -0.529. The van der Waals surface area contributed by atoms with Gasteiger partial charge in [-0.05, 0) is 29.7 Å². The molecular formula is C19H16ClFN2O. The summed E-state index contributed by atoms with van der Waals surface area (Å²) in [6.45, 7) is 4.03. The third kappa shape index (κ3) is 3.10. The van der Waals surface area contributed by atoms with Gasteiger partial charge in [-0.1, -0.05) is 55.8 Å². The Hall–Kier alpha value is -2.46. The minimum absolute atomic E-state index is 0.0422. The van der Waals surface area contributed by atoms with Crippen molar-refractivity contribution in [1.82, 2.24) is 9.78 Å². The fourth-order valence-corrected chi connectivity index (χ4v) is 2.72. The van der Waals surface area contributed by atoms with Gasteiger partial charge in [0, 0.05) is 11.6 Å². The molecule has 5 heteroatoms. The molecule has 0 bridgehead atoms. The molecule has 2 aromatic carbocycles. The Morgan fingerprint density at radius 3 is 2.42 bits per heavy atom. The molecule has 0 aliphatic heterocycles. The highest BCUT2D eigenvalue weighted by molar-refractivity contribution is 6.30. The second-order valence-electron chi connectivity index (χ2n) is 5.81. The molecule has 0 saturated carbocycles. The summed E-state index contributed by atoms with van der Waals surface area (Å²) in [5.74, 6) is -0.415. The van der Waals surface area contributed by atoms with E-state index >= 15 is 0 Å². The van der Waals surface area contributed by atoms with Crippen molar-refractivity contribution in [2.24, 2.45) is 0 Å². The van der Waals surface area contributed by atoms with E-state index in [1.165, 1.54) is 22.9 Å². The molecule has 0 atom stereocenters. The molecule has 1 heterocycles. The van der Waals surface area contributed by atoms with E-state index in [1.807, 2.05) is 44.2 Å². The van der Waals surface area contributed by atoms with Gasteiger partial charge in [0.25, 0.3) is 5.56 Å². The molecule has 0 fully saturated rings. The summed E-state index contributed by atoms with van der Waals surface area (Å²) >= 11 is 5.83. The Balaban J connectivity index is 2.22. The van der Waals surface area contributed by atoms with Crippen LogP contribution in [0.5, 0.6) is 0 Å². The molecule has 24 heavy (non-hydrogen) atoms. The maximum absolute atomic E-state index is 13.4. The largest absolute Gasteiger partial charge is 0.272 e. The van der Waals surface area contributed by atoms with Crippen LogP contribution in [0.25, 0.3) is 16.8 Å². The second-order valence-corrected chi connectivity index (χ2v) is 6.22. The highest BCUT2D eigenvalue weighted by atomic mass is 35.5. The van der Waals surface area contributed by atoms with Gasteiger partial charge in [0.15, 0.2) is 0 Å². The lowest BCUT2D eigenvalue weighted by atomic mass is 9.98. The zero-order chi connectivity index (χ0) is 17.3. The van der Waals surface area contributed by atoms with Crippen molar-refractivity contribution in [3.63, 3.8) is 0 Å². The van der Waals surface area contributed by atoms with Crippen LogP contribution < -0.4 is 5.56 Å². The van der Waals surface area contributed by atoms with Crippen molar-refractivity contribution >= 4 is 11.6 Å². The van der Waals surface area contributed by atoms with E-state index in [0.29, 0.717) is 5.69 Å². The minimum Gasteiger partial charge on any atom is -0.267 e. The molecular weight excluding hydrogens is 327 g/mol. The van der Waals surface area contributed by atoms with Gasteiger partial charge in [-0.15, -0.1) is 0 Å². The van der Waals surface area contributed by atoms with Crippen molar-refractivity contribution in [2.45, 2.75) is 19.8 Å². The van der Waals surface area contributed by atoms with Crippen molar-refractivity contribution in [3.05, 3.63) is 81.5 Å². The van der Waals surface area contributed by atoms with Crippen LogP contribution in [0.2, 0.25) is 5.02 Å². The summed E-state index contributed by atoms with van der Waals surface area (Å²) in [7, 11) is 0. The fourth-order valence-electron chi connectivity index (χ4n) is 2.55. The normalized spacial score (nSPS) is 11.0. The van der Waals surface area contributed by atoms with Gasteiger partial charge in [-0.3, -0.25) is 4.79 Å². The van der Waals surface area contributed by atoms with Crippen LogP contribution in [0.4, 0.5) is 4.39 Å². The van der Waals surface area contributed by atoms with Crippen molar-refractivity contribution in [2.75, 3.05) is 0 Å². The summed E-state index contributed by atoms with van der Waals surface area (Å²) in [4.78, 5) is 12.5. The van der Waals surface area contributed by atoms with Crippen LogP contribution in [0, 0.1) is 5.82 Å². The first kappa shape index (κ1) is 16.4. The molecule has 0 aliphatic rings. The third-order valence-corrected chi connectivity index (χ3v) is 4.03. The predicted octanol–water partition coefficient (Wildman–Crippen LogP) is 4.82. The molecule has 3 nitrogen and oxygen atoms in total. The zero-order valence-corrected chi connectivity index (χ0v) is 14.1. The number of nitrogens with zero attached hydrogens (tertiary/aromatic N) is 2. The highest BCUT2D eigenvalue weighted by Gasteiger charge is 2.15. The first-order chi connectivity index (χ1) is 11.5. The topological polar surface area (TPSA) is 34.9 Å². The van der Waals surface area contributed by atoms with E-state index in [2.05, 4.69) is 5.10 Å². The lowest BCUT2D eigenvalue weighted by molar-refractivity contribution is 0.626. The van der Waals surface area contributed by atoms with E-state index in [9.17, 15) is 9.18 Å². The summed E-state index contributed by atoms with van der Waals surface area (Å²) in [6.07, 6.45) is 0. The van der Waals surface area contributed by atoms with Gasteiger partial charge in [-0.2, -0.15) is 9.78 Å². The van der Waals surface area contributed by atoms with Gasteiger partial charge in [0.05, 0.1) is 16.4 Å². The number of halogens is 2. The smallest absolute Gasteiger partial charge is 0.267 e. The number of rotatable bonds is 3. The predicted molar refractivity (Wildman–Crippen MR) is 94.3 cm³/mol. The van der Waals surface area contributed by atoms with Gasteiger partial charge >= 0.3 is 0 Å². The van der Waals surface area contributed by atoms with Crippen LogP contribution >= 0.6 is 11.6 Å². The van der Waals surface area contributed by atoms with Crippen LogP contribution in [0.15, 0.2) is 59.4 Å². The van der Waals surface area contributed by atoms with Crippen molar-refractivity contribution < 1.29 is 4.39 Å². The Morgan fingerprint density at radius 1 is 1.08 bits per heavy atom. The molecule has 3 aromatic rings. The van der Waals surface area contributed by atoms with E-state index in [0.717, 1.165) is 16.8 Å². The van der Waals surface area contributed by atoms with Gasteiger partial charge < -0.3 is 0 Å². The Labute approximate surface area is 144 Å². The molecule has 0 radical (unpaired) electrons. The highest BCUT2D eigenvalue weighted by Crippen LogP contribution is 2.26. The fraction of sp³-hybridized carbons (Fsp3) is 0.158. The van der Waals surface area contributed by atoms with Gasteiger partial charge in [0.1, 0.15) is 5.82 Å². The van der Waals surface area contributed by atoms with E-state index in [1.54, 1.807) is 6.07 Å². The van der Waals surface area contributed by atoms with Gasteiger partial charge in [-0.25, -0.2) is 4.39 Å². The Kier molecular flexibility index (Phi) is 4.49. The third-order valence-electron chi connectivity index (χ3n) is 3.74. The number of benzene rings is 2. The lowest BCUT2D eigenvalue weighted by Crippen LogP contribution is -2.23. The maximum atomic E-state index is 13.4. The molecule has 0 aliphatic carbocycles. The number of aromatic nitrogens is 2. The molecule has 0 amide bonds. The Bertz CT molecular complexity index is 936. The Morgan fingerprint density at radius 2 is 1.79 bits per heavy atom. The molecule has 0 N–H and O–H groups in total. The molecule has 0 saturated heterocycles. The summed E-state index contributed by atoms with van der Waals surface area (Å²) in [5, 5.41) is 4.47. The maximum Gasteiger partial charge on any atom is 0.272 e. The monoisotopic (exact) mass is 342 g/mol. The van der Waals surface area contributed by atoms with Crippen molar-refractivity contribution in [1.29, 1.82) is 0 Å². The molecule has 1 aromatic heterocycles. The first-order valence-corrected chi connectivity index (χ1v) is 8.00. The SMILES string of the molecule is CC(C)c1nn(-c2ccc(F)c(Cl)c2)c(=O)cc1-c1ccccc1.